The Kier molecular flexibility index (Phi) is 2.51. The van der Waals surface area contributed by atoms with Crippen molar-refractivity contribution >= 4 is 12.0 Å². The van der Waals surface area contributed by atoms with Gasteiger partial charge in [0.1, 0.15) is 6.26 Å². The summed E-state index contributed by atoms with van der Waals surface area (Å²) in [5.74, 6) is 0.905. The summed E-state index contributed by atoms with van der Waals surface area (Å²) in [4.78, 5) is 15.4. The summed E-state index contributed by atoms with van der Waals surface area (Å²) in [6, 6.07) is 0.845. The van der Waals surface area contributed by atoms with Gasteiger partial charge in [0.2, 0.25) is 0 Å². The average Bonchev–Trinajstić information content (AvgIpc) is 2.77. The molecule has 17 heavy (non-hydrogen) atoms. The van der Waals surface area contributed by atoms with Crippen molar-refractivity contribution in [3.05, 3.63) is 12.0 Å². The van der Waals surface area contributed by atoms with Crippen LogP contribution in [-0.4, -0.2) is 36.7 Å². The Labute approximate surface area is 98.7 Å². The van der Waals surface area contributed by atoms with E-state index >= 15 is 0 Å². The van der Waals surface area contributed by atoms with E-state index in [2.05, 4.69) is 15.6 Å². The molecule has 0 aromatic carbocycles. The van der Waals surface area contributed by atoms with Gasteiger partial charge < -0.3 is 19.8 Å². The van der Waals surface area contributed by atoms with Gasteiger partial charge in [-0.25, -0.2) is 4.79 Å². The SMILES string of the molecule is CCOC(=O)c1coc(NC2C3CNCC32)n1. The van der Waals surface area contributed by atoms with Crippen molar-refractivity contribution in [1.29, 1.82) is 0 Å². The topological polar surface area (TPSA) is 76.4 Å². The predicted octanol–water partition coefficient (Wildman–Crippen LogP) is 0.481. The minimum absolute atomic E-state index is 0.221. The number of rotatable bonds is 4. The highest BCUT2D eigenvalue weighted by Crippen LogP contribution is 2.43. The lowest BCUT2D eigenvalue weighted by molar-refractivity contribution is 0.0519. The fourth-order valence-electron chi connectivity index (χ4n) is 2.41. The average molecular weight is 237 g/mol. The molecule has 1 saturated heterocycles. The normalized spacial score (nSPS) is 29.8. The van der Waals surface area contributed by atoms with Crippen LogP contribution in [0.2, 0.25) is 0 Å². The molecule has 0 radical (unpaired) electrons. The summed E-state index contributed by atoms with van der Waals surface area (Å²) in [6.07, 6.45) is 1.33. The van der Waals surface area contributed by atoms with E-state index in [-0.39, 0.29) is 5.69 Å². The Morgan fingerprint density at radius 3 is 3.12 bits per heavy atom. The van der Waals surface area contributed by atoms with Gasteiger partial charge in [0, 0.05) is 19.1 Å². The molecule has 0 amide bonds. The zero-order chi connectivity index (χ0) is 11.8. The van der Waals surface area contributed by atoms with Crippen molar-refractivity contribution in [2.75, 3.05) is 25.0 Å². The molecule has 2 aliphatic rings. The van der Waals surface area contributed by atoms with E-state index in [1.54, 1.807) is 6.92 Å². The number of oxazole rings is 1. The standard InChI is InChI=1S/C11H15N3O3/c1-2-16-10(15)8-5-17-11(13-8)14-9-6-3-12-4-7(6)9/h5-7,9,12H,2-4H2,1H3,(H,13,14). The van der Waals surface area contributed by atoms with Gasteiger partial charge in [-0.3, -0.25) is 0 Å². The van der Waals surface area contributed by atoms with Crippen LogP contribution >= 0.6 is 0 Å². The van der Waals surface area contributed by atoms with Gasteiger partial charge in [-0.15, -0.1) is 0 Å². The van der Waals surface area contributed by atoms with E-state index in [0.717, 1.165) is 13.1 Å². The van der Waals surface area contributed by atoms with Crippen molar-refractivity contribution < 1.29 is 13.9 Å². The highest BCUT2D eigenvalue weighted by atomic mass is 16.5. The zero-order valence-corrected chi connectivity index (χ0v) is 9.60. The maximum absolute atomic E-state index is 11.4. The first-order valence-corrected chi connectivity index (χ1v) is 5.89. The Morgan fingerprint density at radius 1 is 1.65 bits per heavy atom. The van der Waals surface area contributed by atoms with Crippen molar-refractivity contribution in [2.45, 2.75) is 13.0 Å². The number of fused-ring (bicyclic) bond motifs is 1. The van der Waals surface area contributed by atoms with E-state index < -0.39 is 5.97 Å². The number of anilines is 1. The third-order valence-electron chi connectivity index (χ3n) is 3.37. The largest absolute Gasteiger partial charge is 0.461 e. The Balaban J connectivity index is 1.59. The van der Waals surface area contributed by atoms with Gasteiger partial charge >= 0.3 is 5.97 Å². The fraction of sp³-hybridized carbons (Fsp3) is 0.636. The Morgan fingerprint density at radius 2 is 2.41 bits per heavy atom. The molecule has 6 heteroatoms. The van der Waals surface area contributed by atoms with E-state index in [1.807, 2.05) is 0 Å². The zero-order valence-electron chi connectivity index (χ0n) is 9.60. The van der Waals surface area contributed by atoms with E-state index in [9.17, 15) is 4.79 Å². The molecule has 1 aromatic heterocycles. The molecule has 6 nitrogen and oxygen atoms in total. The summed E-state index contributed by atoms with van der Waals surface area (Å²) in [7, 11) is 0. The Hall–Kier alpha value is -1.56. The third-order valence-corrected chi connectivity index (χ3v) is 3.37. The number of hydrogen-bond acceptors (Lipinski definition) is 6. The number of piperidine rings is 1. The van der Waals surface area contributed by atoms with Gasteiger partial charge in [0.25, 0.3) is 6.01 Å². The van der Waals surface area contributed by atoms with E-state index in [4.69, 9.17) is 9.15 Å². The lowest BCUT2D eigenvalue weighted by Gasteiger charge is -2.03. The molecular weight excluding hydrogens is 222 g/mol. The predicted molar refractivity (Wildman–Crippen MR) is 59.7 cm³/mol. The van der Waals surface area contributed by atoms with Gasteiger partial charge in [0.05, 0.1) is 6.61 Å². The van der Waals surface area contributed by atoms with Crippen LogP contribution in [0.3, 0.4) is 0 Å². The van der Waals surface area contributed by atoms with E-state index in [1.165, 1.54) is 6.26 Å². The highest BCUT2D eigenvalue weighted by molar-refractivity contribution is 5.87. The van der Waals surface area contributed by atoms with Gasteiger partial charge in [-0.1, -0.05) is 0 Å². The summed E-state index contributed by atoms with van der Waals surface area (Å²) in [6.45, 7) is 4.20. The lowest BCUT2D eigenvalue weighted by Crippen LogP contribution is -2.21. The molecule has 2 atom stereocenters. The molecule has 92 valence electrons. The summed E-state index contributed by atoms with van der Waals surface area (Å²) >= 11 is 0. The maximum Gasteiger partial charge on any atom is 0.360 e. The van der Waals surface area contributed by atoms with Crippen LogP contribution < -0.4 is 10.6 Å². The number of carbonyl (C=O) groups is 1. The van der Waals surface area contributed by atoms with Gasteiger partial charge in [0.15, 0.2) is 5.69 Å². The van der Waals surface area contributed by atoms with Gasteiger partial charge in [-0.2, -0.15) is 4.98 Å². The summed E-state index contributed by atoms with van der Waals surface area (Å²) in [5.41, 5.74) is 0.221. The number of ether oxygens (including phenoxy) is 1. The number of hydrogen-bond donors (Lipinski definition) is 2. The lowest BCUT2D eigenvalue weighted by atomic mass is 10.4. The number of esters is 1. The summed E-state index contributed by atoms with van der Waals surface area (Å²) < 4.78 is 10.0. The van der Waals surface area contributed by atoms with Gasteiger partial charge in [-0.05, 0) is 18.8 Å². The molecule has 1 aliphatic carbocycles. The van der Waals surface area contributed by atoms with Crippen LogP contribution in [0.1, 0.15) is 17.4 Å². The molecule has 1 aromatic rings. The Bertz CT molecular complexity index is 421. The third kappa shape index (κ3) is 1.88. The first-order valence-electron chi connectivity index (χ1n) is 5.89. The molecule has 3 rings (SSSR count). The van der Waals surface area contributed by atoms with Crippen LogP contribution in [0.4, 0.5) is 6.01 Å². The summed E-state index contributed by atoms with van der Waals surface area (Å²) in [5, 5.41) is 6.52. The monoisotopic (exact) mass is 237 g/mol. The van der Waals surface area contributed by atoms with E-state index in [0.29, 0.717) is 30.5 Å². The number of aromatic nitrogens is 1. The highest BCUT2D eigenvalue weighted by Gasteiger charge is 2.53. The van der Waals surface area contributed by atoms with Crippen LogP contribution in [0, 0.1) is 11.8 Å². The second-order valence-corrected chi connectivity index (χ2v) is 4.41. The molecule has 2 fully saturated rings. The smallest absolute Gasteiger partial charge is 0.360 e. The molecule has 2 N–H and O–H groups in total. The van der Waals surface area contributed by atoms with Crippen molar-refractivity contribution in [3.63, 3.8) is 0 Å². The van der Waals surface area contributed by atoms with Crippen molar-refractivity contribution in [1.82, 2.24) is 10.3 Å². The number of nitrogens with one attached hydrogen (secondary N) is 2. The van der Waals surface area contributed by atoms with Crippen molar-refractivity contribution in [3.8, 4) is 0 Å². The minimum Gasteiger partial charge on any atom is -0.461 e. The molecule has 2 heterocycles. The second-order valence-electron chi connectivity index (χ2n) is 4.41. The fourth-order valence-corrected chi connectivity index (χ4v) is 2.41. The van der Waals surface area contributed by atoms with Crippen LogP contribution in [-0.2, 0) is 4.74 Å². The maximum atomic E-state index is 11.4. The second kappa shape index (κ2) is 4.03. The first-order chi connectivity index (χ1) is 8.29. The first kappa shape index (κ1) is 10.6. The number of nitrogens with zero attached hydrogens (tertiary/aromatic N) is 1. The quantitative estimate of drug-likeness (QED) is 0.742. The number of carbonyl (C=O) groups excluding carboxylic acids is 1. The molecular formula is C11H15N3O3. The molecule has 1 aliphatic heterocycles. The molecule has 0 spiro atoms. The molecule has 1 saturated carbocycles. The van der Waals surface area contributed by atoms with Crippen LogP contribution in [0.15, 0.2) is 10.7 Å². The van der Waals surface area contributed by atoms with Crippen LogP contribution in [0.25, 0.3) is 0 Å². The van der Waals surface area contributed by atoms with Crippen molar-refractivity contribution in [2.24, 2.45) is 11.8 Å². The molecule has 0 bridgehead atoms. The minimum atomic E-state index is -0.443. The van der Waals surface area contributed by atoms with Crippen LogP contribution in [0.5, 0.6) is 0 Å². The molecule has 2 unspecified atom stereocenters.